The molecule has 2 aliphatic heterocycles. The summed E-state index contributed by atoms with van der Waals surface area (Å²) in [6.07, 6.45) is -12.1. The zero-order chi connectivity index (χ0) is 29.7. The standard InChI is InChI=1S/C28H34O13/c1-14-21(32)23(34)24(35)28(39-14)41-26-22(33)19(40-27(25(26)36)38-12-16-5-3-2-4-6-16)13-37-20(31)10-8-15-7-9-17(29)18(30)11-15/h2-11,14,19,21-30,32-36H,12-13H2,1H3/b10-8+/t14-,19+,21-,22+,23+,24+,25+,26-,27+,28-/m0/s1. The molecule has 2 aromatic rings. The number of phenolic OH excluding ortho intramolecular Hbond substituents is 2. The second-order valence-corrected chi connectivity index (χ2v) is 9.81. The number of rotatable bonds is 9. The van der Waals surface area contributed by atoms with Crippen molar-refractivity contribution < 1.29 is 64.2 Å². The lowest BCUT2D eigenvalue weighted by Gasteiger charge is -2.45. The Hall–Kier alpha value is -3.11. The summed E-state index contributed by atoms with van der Waals surface area (Å²) in [5.41, 5.74) is 1.17. The van der Waals surface area contributed by atoms with Crippen LogP contribution in [0.5, 0.6) is 11.5 Å². The molecule has 224 valence electrons. The van der Waals surface area contributed by atoms with E-state index in [0.29, 0.717) is 5.56 Å². The van der Waals surface area contributed by atoms with Gasteiger partial charge in [0.05, 0.1) is 12.7 Å². The highest BCUT2D eigenvalue weighted by molar-refractivity contribution is 5.87. The Labute approximate surface area is 235 Å². The molecule has 2 saturated heterocycles. The van der Waals surface area contributed by atoms with E-state index in [4.69, 9.17) is 23.7 Å². The lowest BCUT2D eigenvalue weighted by molar-refractivity contribution is -0.358. The molecule has 2 fully saturated rings. The summed E-state index contributed by atoms with van der Waals surface area (Å²) >= 11 is 0. The number of hydrogen-bond acceptors (Lipinski definition) is 13. The van der Waals surface area contributed by atoms with Gasteiger partial charge >= 0.3 is 5.97 Å². The minimum atomic E-state index is -1.70. The predicted octanol–water partition coefficient (Wildman–Crippen LogP) is -0.470. The van der Waals surface area contributed by atoms with E-state index < -0.39 is 74.0 Å². The Morgan fingerprint density at radius 1 is 0.854 bits per heavy atom. The minimum Gasteiger partial charge on any atom is -0.504 e. The first kappa shape index (κ1) is 30.8. The number of aliphatic hydroxyl groups is 5. The van der Waals surface area contributed by atoms with Gasteiger partial charge in [0.15, 0.2) is 24.1 Å². The third-order valence-corrected chi connectivity index (χ3v) is 6.80. The highest BCUT2D eigenvalue weighted by Gasteiger charge is 2.50. The smallest absolute Gasteiger partial charge is 0.330 e. The highest BCUT2D eigenvalue weighted by Crippen LogP contribution is 2.30. The van der Waals surface area contributed by atoms with Crippen LogP contribution < -0.4 is 0 Å². The topological polar surface area (TPSA) is 205 Å². The van der Waals surface area contributed by atoms with Gasteiger partial charge in [0.25, 0.3) is 0 Å². The van der Waals surface area contributed by atoms with Crippen LogP contribution in [0.1, 0.15) is 18.1 Å². The van der Waals surface area contributed by atoms with Crippen molar-refractivity contribution in [2.24, 2.45) is 0 Å². The minimum absolute atomic E-state index is 0.0184. The van der Waals surface area contributed by atoms with Crippen LogP contribution in [0.3, 0.4) is 0 Å². The maximum atomic E-state index is 12.3. The normalized spacial score (nSPS) is 34.0. The average molecular weight is 579 g/mol. The van der Waals surface area contributed by atoms with Gasteiger partial charge in [0.1, 0.15) is 49.3 Å². The summed E-state index contributed by atoms with van der Waals surface area (Å²) in [5, 5.41) is 71.5. The zero-order valence-electron chi connectivity index (χ0n) is 22.0. The Morgan fingerprint density at radius 3 is 2.29 bits per heavy atom. The van der Waals surface area contributed by atoms with Crippen molar-refractivity contribution >= 4 is 12.0 Å². The van der Waals surface area contributed by atoms with Crippen LogP contribution in [0.15, 0.2) is 54.6 Å². The molecule has 0 amide bonds. The molecule has 0 aliphatic carbocycles. The van der Waals surface area contributed by atoms with Crippen molar-refractivity contribution in [2.75, 3.05) is 6.61 Å². The molecule has 7 N–H and O–H groups in total. The van der Waals surface area contributed by atoms with E-state index in [0.717, 1.165) is 11.6 Å². The first-order valence-corrected chi connectivity index (χ1v) is 12.9. The summed E-state index contributed by atoms with van der Waals surface area (Å²) in [6, 6.07) is 12.9. The third kappa shape index (κ3) is 7.60. The first-order chi connectivity index (χ1) is 19.5. The zero-order valence-corrected chi connectivity index (χ0v) is 22.0. The molecule has 13 nitrogen and oxygen atoms in total. The van der Waals surface area contributed by atoms with Gasteiger partial charge < -0.3 is 59.4 Å². The van der Waals surface area contributed by atoms with Crippen LogP contribution in [0, 0.1) is 0 Å². The number of aromatic hydroxyl groups is 2. The maximum Gasteiger partial charge on any atom is 0.330 e. The fourth-order valence-electron chi connectivity index (χ4n) is 4.39. The SMILES string of the molecule is C[C@@H]1O[C@@H](O[C@@H]2[C@@H](O)[C@H](OCc3ccccc3)O[C@H](COC(=O)/C=C/c3ccc(O)c(O)c3)[C@H]2O)[C@H](O)[C@H](O)[C@H]1O. The van der Waals surface area contributed by atoms with E-state index in [1.165, 1.54) is 31.2 Å². The van der Waals surface area contributed by atoms with Crippen LogP contribution in [0.4, 0.5) is 0 Å². The fourth-order valence-corrected chi connectivity index (χ4v) is 4.39. The van der Waals surface area contributed by atoms with Gasteiger partial charge in [-0.3, -0.25) is 0 Å². The quantitative estimate of drug-likeness (QED) is 0.114. The Balaban J connectivity index is 1.45. The summed E-state index contributed by atoms with van der Waals surface area (Å²) in [4.78, 5) is 12.3. The van der Waals surface area contributed by atoms with Crippen molar-refractivity contribution in [3.8, 4) is 11.5 Å². The molecule has 0 bridgehead atoms. The van der Waals surface area contributed by atoms with Crippen molar-refractivity contribution in [1.82, 2.24) is 0 Å². The number of benzene rings is 2. The van der Waals surface area contributed by atoms with Gasteiger partial charge in [0, 0.05) is 6.08 Å². The second-order valence-electron chi connectivity index (χ2n) is 9.81. The Kier molecular flexibility index (Phi) is 10.3. The molecule has 41 heavy (non-hydrogen) atoms. The molecule has 4 rings (SSSR count). The molecule has 0 unspecified atom stereocenters. The summed E-state index contributed by atoms with van der Waals surface area (Å²) in [6.45, 7) is 0.980. The fraction of sp³-hybridized carbons (Fsp3) is 0.464. The molecule has 10 atom stereocenters. The third-order valence-electron chi connectivity index (χ3n) is 6.80. The van der Waals surface area contributed by atoms with Crippen molar-refractivity contribution in [3.05, 3.63) is 65.7 Å². The van der Waals surface area contributed by atoms with E-state index in [9.17, 15) is 40.5 Å². The van der Waals surface area contributed by atoms with Crippen LogP contribution in [0.25, 0.3) is 6.08 Å². The summed E-state index contributed by atoms with van der Waals surface area (Å²) in [7, 11) is 0. The van der Waals surface area contributed by atoms with Gasteiger partial charge in [-0.25, -0.2) is 4.79 Å². The molecule has 0 radical (unpaired) electrons. The van der Waals surface area contributed by atoms with Crippen molar-refractivity contribution in [1.29, 1.82) is 0 Å². The monoisotopic (exact) mass is 578 g/mol. The molecule has 2 heterocycles. The van der Waals surface area contributed by atoms with E-state index in [1.54, 1.807) is 24.3 Å². The van der Waals surface area contributed by atoms with Gasteiger partial charge in [-0.2, -0.15) is 0 Å². The van der Waals surface area contributed by atoms with Gasteiger partial charge in [0.2, 0.25) is 0 Å². The molecular formula is C28H34O13. The number of aliphatic hydroxyl groups excluding tert-OH is 5. The van der Waals surface area contributed by atoms with Gasteiger partial charge in [-0.05, 0) is 36.3 Å². The maximum absolute atomic E-state index is 12.3. The van der Waals surface area contributed by atoms with Gasteiger partial charge in [-0.1, -0.05) is 36.4 Å². The number of carbonyl (C=O) groups is 1. The lowest BCUT2D eigenvalue weighted by Crippen LogP contribution is -2.64. The van der Waals surface area contributed by atoms with Gasteiger partial charge in [-0.15, -0.1) is 0 Å². The summed E-state index contributed by atoms with van der Waals surface area (Å²) < 4.78 is 27.8. The van der Waals surface area contributed by atoms with E-state index in [-0.39, 0.29) is 18.1 Å². The number of ether oxygens (including phenoxy) is 5. The van der Waals surface area contributed by atoms with Crippen molar-refractivity contribution in [2.45, 2.75) is 74.9 Å². The Bertz CT molecular complexity index is 1170. The van der Waals surface area contributed by atoms with E-state index >= 15 is 0 Å². The second kappa shape index (κ2) is 13.7. The number of carbonyl (C=O) groups excluding carboxylic acids is 1. The molecular weight excluding hydrogens is 544 g/mol. The molecule has 0 saturated carbocycles. The van der Waals surface area contributed by atoms with E-state index in [1.807, 2.05) is 6.07 Å². The van der Waals surface area contributed by atoms with Crippen LogP contribution >= 0.6 is 0 Å². The highest BCUT2D eigenvalue weighted by atomic mass is 16.7. The molecule has 2 aliphatic rings. The molecule has 2 aromatic carbocycles. The molecule has 13 heteroatoms. The Morgan fingerprint density at radius 2 is 1.59 bits per heavy atom. The van der Waals surface area contributed by atoms with Crippen LogP contribution in [-0.2, 0) is 35.1 Å². The first-order valence-electron chi connectivity index (χ1n) is 12.9. The number of phenols is 2. The molecule has 0 aromatic heterocycles. The van der Waals surface area contributed by atoms with Crippen molar-refractivity contribution in [3.63, 3.8) is 0 Å². The van der Waals surface area contributed by atoms with E-state index in [2.05, 4.69) is 0 Å². The number of hydrogen-bond donors (Lipinski definition) is 7. The average Bonchev–Trinajstić information content (AvgIpc) is 2.96. The largest absolute Gasteiger partial charge is 0.504 e. The van der Waals surface area contributed by atoms with Crippen LogP contribution in [0.2, 0.25) is 0 Å². The summed E-state index contributed by atoms with van der Waals surface area (Å²) in [5.74, 6) is -1.51. The lowest BCUT2D eigenvalue weighted by atomic mass is 9.97. The number of esters is 1. The molecule has 0 spiro atoms. The predicted molar refractivity (Wildman–Crippen MR) is 139 cm³/mol. The van der Waals surface area contributed by atoms with Crippen LogP contribution in [-0.4, -0.2) is 110 Å².